The maximum Gasteiger partial charge on any atom is 0.215 e. The molecule has 5 nitrogen and oxygen atoms in total. The van der Waals surface area contributed by atoms with Gasteiger partial charge >= 0.3 is 0 Å². The molecule has 16 heavy (non-hydrogen) atoms. The van der Waals surface area contributed by atoms with Gasteiger partial charge in [-0.25, -0.2) is 8.42 Å². The lowest BCUT2D eigenvalue weighted by Crippen LogP contribution is -2.51. The van der Waals surface area contributed by atoms with Gasteiger partial charge in [0.1, 0.15) is 0 Å². The molecule has 0 aromatic heterocycles. The van der Waals surface area contributed by atoms with E-state index in [4.69, 9.17) is 4.74 Å². The van der Waals surface area contributed by atoms with E-state index < -0.39 is 10.0 Å². The molecule has 1 aliphatic heterocycles. The summed E-state index contributed by atoms with van der Waals surface area (Å²) in [5.74, 6) is 0.165. The number of ether oxygens (including phenoxy) is 1. The Balaban J connectivity index is 2.58. The van der Waals surface area contributed by atoms with E-state index in [1.54, 1.807) is 4.31 Å². The van der Waals surface area contributed by atoms with Crippen LogP contribution in [0.25, 0.3) is 0 Å². The quantitative estimate of drug-likeness (QED) is 0.700. The SMILES string of the molecule is CCNCCS(=O)(=O)N1CC(C)OCC1C. The van der Waals surface area contributed by atoms with Gasteiger partial charge in [-0.2, -0.15) is 4.31 Å². The van der Waals surface area contributed by atoms with E-state index in [0.717, 1.165) is 6.54 Å². The van der Waals surface area contributed by atoms with Gasteiger partial charge < -0.3 is 10.1 Å². The minimum absolute atomic E-state index is 0.00916. The summed E-state index contributed by atoms with van der Waals surface area (Å²) >= 11 is 0. The van der Waals surface area contributed by atoms with Crippen molar-refractivity contribution in [3.05, 3.63) is 0 Å². The van der Waals surface area contributed by atoms with Crippen LogP contribution < -0.4 is 5.32 Å². The average molecular weight is 250 g/mol. The van der Waals surface area contributed by atoms with Gasteiger partial charge in [0, 0.05) is 19.1 Å². The van der Waals surface area contributed by atoms with Gasteiger partial charge in [0.15, 0.2) is 0 Å². The van der Waals surface area contributed by atoms with E-state index >= 15 is 0 Å². The zero-order valence-corrected chi connectivity index (χ0v) is 11.1. The zero-order valence-electron chi connectivity index (χ0n) is 10.3. The summed E-state index contributed by atoms with van der Waals surface area (Å²) < 4.78 is 31.1. The molecule has 2 atom stereocenters. The third-order valence-electron chi connectivity index (χ3n) is 2.69. The van der Waals surface area contributed by atoms with Crippen molar-refractivity contribution >= 4 is 10.0 Å². The molecule has 0 spiro atoms. The molecule has 2 unspecified atom stereocenters. The van der Waals surface area contributed by atoms with Crippen LogP contribution in [0.3, 0.4) is 0 Å². The third kappa shape index (κ3) is 3.69. The Bertz CT molecular complexity index is 305. The second kappa shape index (κ2) is 5.95. The molecule has 0 aromatic carbocycles. The highest BCUT2D eigenvalue weighted by Crippen LogP contribution is 2.15. The average Bonchev–Trinajstić information content (AvgIpc) is 2.22. The Morgan fingerprint density at radius 3 is 2.75 bits per heavy atom. The third-order valence-corrected chi connectivity index (χ3v) is 4.64. The first kappa shape index (κ1) is 13.9. The molecule has 0 saturated carbocycles. The predicted octanol–water partition coefficient (Wildman–Crippen LogP) is 0.0349. The van der Waals surface area contributed by atoms with Crippen molar-refractivity contribution in [2.24, 2.45) is 0 Å². The highest BCUT2D eigenvalue weighted by Gasteiger charge is 2.32. The smallest absolute Gasteiger partial charge is 0.215 e. The normalized spacial score (nSPS) is 28.2. The first-order valence-electron chi connectivity index (χ1n) is 5.79. The Morgan fingerprint density at radius 2 is 2.12 bits per heavy atom. The van der Waals surface area contributed by atoms with Gasteiger partial charge in [0.2, 0.25) is 10.0 Å². The molecule has 1 heterocycles. The van der Waals surface area contributed by atoms with Crippen LogP contribution in [0.4, 0.5) is 0 Å². The number of rotatable bonds is 5. The van der Waals surface area contributed by atoms with Gasteiger partial charge in [-0.15, -0.1) is 0 Å². The Labute approximate surface area is 98.2 Å². The van der Waals surface area contributed by atoms with E-state index in [2.05, 4.69) is 5.32 Å². The summed E-state index contributed by atoms with van der Waals surface area (Å²) in [6.45, 7) is 8.01. The fourth-order valence-corrected chi connectivity index (χ4v) is 3.44. The van der Waals surface area contributed by atoms with Gasteiger partial charge in [0.25, 0.3) is 0 Å². The first-order chi connectivity index (χ1) is 7.47. The molecule has 0 amide bonds. The number of hydrogen-bond donors (Lipinski definition) is 1. The Hall–Kier alpha value is -0.170. The molecule has 1 saturated heterocycles. The Morgan fingerprint density at radius 1 is 1.44 bits per heavy atom. The maximum atomic E-state index is 12.0. The van der Waals surface area contributed by atoms with Crippen molar-refractivity contribution in [2.45, 2.75) is 32.9 Å². The molecule has 1 aliphatic rings. The predicted molar refractivity (Wildman–Crippen MR) is 63.9 cm³/mol. The van der Waals surface area contributed by atoms with Crippen LogP contribution >= 0.6 is 0 Å². The minimum Gasteiger partial charge on any atom is -0.375 e. The lowest BCUT2D eigenvalue weighted by atomic mass is 10.2. The molecule has 0 radical (unpaired) electrons. The molecular formula is C10H22N2O3S. The van der Waals surface area contributed by atoms with Crippen molar-refractivity contribution in [3.8, 4) is 0 Å². The molecule has 0 aliphatic carbocycles. The van der Waals surface area contributed by atoms with Crippen molar-refractivity contribution in [3.63, 3.8) is 0 Å². The highest BCUT2D eigenvalue weighted by atomic mass is 32.2. The van der Waals surface area contributed by atoms with E-state index in [1.807, 2.05) is 20.8 Å². The van der Waals surface area contributed by atoms with Gasteiger partial charge in [-0.3, -0.25) is 0 Å². The largest absolute Gasteiger partial charge is 0.375 e. The summed E-state index contributed by atoms with van der Waals surface area (Å²) in [7, 11) is -3.15. The highest BCUT2D eigenvalue weighted by molar-refractivity contribution is 7.89. The molecular weight excluding hydrogens is 228 g/mol. The standard InChI is InChI=1S/C10H22N2O3S/c1-4-11-5-6-16(13,14)12-7-10(3)15-8-9(12)2/h9-11H,4-8H2,1-3H3. The van der Waals surface area contributed by atoms with E-state index in [-0.39, 0.29) is 17.9 Å². The molecule has 6 heteroatoms. The molecule has 96 valence electrons. The number of hydrogen-bond acceptors (Lipinski definition) is 4. The summed E-state index contributed by atoms with van der Waals surface area (Å²) in [6, 6.07) is -0.0529. The summed E-state index contributed by atoms with van der Waals surface area (Å²) in [5.41, 5.74) is 0. The van der Waals surface area contributed by atoms with Crippen LogP contribution in [0.15, 0.2) is 0 Å². The van der Waals surface area contributed by atoms with Gasteiger partial charge in [0.05, 0.1) is 18.5 Å². The van der Waals surface area contributed by atoms with Crippen LogP contribution in [-0.2, 0) is 14.8 Å². The lowest BCUT2D eigenvalue weighted by Gasteiger charge is -2.35. The minimum atomic E-state index is -3.15. The monoisotopic (exact) mass is 250 g/mol. The van der Waals surface area contributed by atoms with E-state index in [0.29, 0.717) is 19.7 Å². The van der Waals surface area contributed by atoms with Crippen LogP contribution in [0, 0.1) is 0 Å². The molecule has 1 rings (SSSR count). The summed E-state index contributed by atoms with van der Waals surface area (Å²) in [4.78, 5) is 0. The molecule has 1 fully saturated rings. The van der Waals surface area contributed by atoms with Crippen molar-refractivity contribution in [1.29, 1.82) is 0 Å². The summed E-state index contributed by atoms with van der Waals surface area (Å²) in [6.07, 6.45) is -0.00916. The number of sulfonamides is 1. The molecule has 0 bridgehead atoms. The van der Waals surface area contributed by atoms with Crippen molar-refractivity contribution < 1.29 is 13.2 Å². The Kier molecular flexibility index (Phi) is 5.17. The van der Waals surface area contributed by atoms with Gasteiger partial charge in [-0.1, -0.05) is 6.92 Å². The van der Waals surface area contributed by atoms with Crippen molar-refractivity contribution in [1.82, 2.24) is 9.62 Å². The molecule has 1 N–H and O–H groups in total. The van der Waals surface area contributed by atoms with Gasteiger partial charge in [-0.05, 0) is 20.4 Å². The van der Waals surface area contributed by atoms with Crippen LogP contribution in [0.5, 0.6) is 0 Å². The first-order valence-corrected chi connectivity index (χ1v) is 7.40. The summed E-state index contributed by atoms with van der Waals surface area (Å²) in [5, 5.41) is 3.03. The lowest BCUT2D eigenvalue weighted by molar-refractivity contribution is -0.0170. The van der Waals surface area contributed by atoms with Crippen LogP contribution in [0.1, 0.15) is 20.8 Å². The van der Waals surface area contributed by atoms with Crippen LogP contribution in [-0.4, -0.2) is 56.9 Å². The fourth-order valence-electron chi connectivity index (χ4n) is 1.76. The maximum absolute atomic E-state index is 12.0. The zero-order chi connectivity index (χ0) is 12.2. The van der Waals surface area contributed by atoms with Crippen molar-refractivity contribution in [2.75, 3.05) is 32.0 Å². The second-order valence-electron chi connectivity index (χ2n) is 4.23. The molecule has 0 aromatic rings. The second-order valence-corrected chi connectivity index (χ2v) is 6.27. The number of nitrogens with one attached hydrogen (secondary N) is 1. The number of morpholine rings is 1. The topological polar surface area (TPSA) is 58.6 Å². The fraction of sp³-hybridized carbons (Fsp3) is 1.00. The van der Waals surface area contributed by atoms with Crippen LogP contribution in [0.2, 0.25) is 0 Å². The van der Waals surface area contributed by atoms with E-state index in [1.165, 1.54) is 0 Å². The number of nitrogens with zero attached hydrogens (tertiary/aromatic N) is 1. The van der Waals surface area contributed by atoms with E-state index in [9.17, 15) is 8.42 Å².